The minimum Gasteiger partial charge on any atom is -0.384 e. The van der Waals surface area contributed by atoms with E-state index in [4.69, 9.17) is 46.4 Å². The smallest absolute Gasteiger partial charge is 0.0967 e. The molecule has 130 valence electrons. The van der Waals surface area contributed by atoms with Gasteiger partial charge in [-0.05, 0) is 65.8 Å². The van der Waals surface area contributed by atoms with Gasteiger partial charge in [-0.15, -0.1) is 0 Å². The number of aliphatic hydroxyl groups excluding tert-OH is 1. The van der Waals surface area contributed by atoms with Crippen LogP contribution >= 0.6 is 46.4 Å². The maximum atomic E-state index is 10.7. The van der Waals surface area contributed by atoms with E-state index in [1.807, 2.05) is 24.3 Å². The molecule has 2 aromatic carbocycles. The van der Waals surface area contributed by atoms with Gasteiger partial charge in [-0.3, -0.25) is 0 Å². The van der Waals surface area contributed by atoms with Crippen molar-refractivity contribution < 1.29 is 5.11 Å². The van der Waals surface area contributed by atoms with Crippen LogP contribution in [-0.2, 0) is 0 Å². The van der Waals surface area contributed by atoms with Gasteiger partial charge in [0.25, 0.3) is 0 Å². The third-order valence-corrected chi connectivity index (χ3v) is 5.70. The fourth-order valence-corrected chi connectivity index (χ4v) is 3.56. The molecule has 0 radical (unpaired) electrons. The molecule has 1 aliphatic rings. The summed E-state index contributed by atoms with van der Waals surface area (Å²) in [6.45, 7) is 0. The predicted octanol–water partition coefficient (Wildman–Crippen LogP) is 7.31. The third kappa shape index (κ3) is 4.61. The lowest BCUT2D eigenvalue weighted by Crippen LogP contribution is -2.18. The van der Waals surface area contributed by atoms with E-state index in [9.17, 15) is 5.11 Å². The highest BCUT2D eigenvalue weighted by molar-refractivity contribution is 6.42. The first-order chi connectivity index (χ1) is 11.9. The summed E-state index contributed by atoms with van der Waals surface area (Å²) < 4.78 is 0. The fourth-order valence-electron chi connectivity index (χ4n) is 2.94. The number of halogens is 4. The molecule has 0 spiro atoms. The Bertz CT molecular complexity index is 785. The first kappa shape index (κ1) is 18.8. The van der Waals surface area contributed by atoms with Crippen LogP contribution in [0.25, 0.3) is 12.2 Å². The van der Waals surface area contributed by atoms with Crippen LogP contribution in [-0.4, -0.2) is 11.2 Å². The van der Waals surface area contributed by atoms with Crippen LogP contribution in [0.3, 0.4) is 0 Å². The van der Waals surface area contributed by atoms with Crippen molar-refractivity contribution in [3.05, 3.63) is 78.8 Å². The number of benzene rings is 2. The summed E-state index contributed by atoms with van der Waals surface area (Å²) in [6.07, 6.45) is 6.03. The van der Waals surface area contributed by atoms with E-state index < -0.39 is 6.10 Å². The van der Waals surface area contributed by atoms with Crippen LogP contribution < -0.4 is 0 Å². The number of hydrogen-bond acceptors (Lipinski definition) is 1. The SMILES string of the molecule is OC1/C(=C/c2ccc(Cl)c(Cl)c2)CCC/C1=C\c1ccc(Cl)c(Cl)c1. The molecule has 0 aliphatic heterocycles. The quantitative estimate of drug-likeness (QED) is 0.546. The second-order valence-corrected chi connectivity index (χ2v) is 7.67. The predicted molar refractivity (Wildman–Crippen MR) is 109 cm³/mol. The molecule has 1 aliphatic carbocycles. The molecule has 0 aromatic heterocycles. The molecule has 0 amide bonds. The van der Waals surface area contributed by atoms with Crippen molar-refractivity contribution in [1.82, 2.24) is 0 Å². The van der Waals surface area contributed by atoms with E-state index in [0.717, 1.165) is 41.5 Å². The fraction of sp³-hybridized carbons (Fsp3) is 0.200. The first-order valence-electron chi connectivity index (χ1n) is 7.93. The van der Waals surface area contributed by atoms with Crippen LogP contribution in [0.15, 0.2) is 47.5 Å². The molecule has 3 rings (SSSR count). The van der Waals surface area contributed by atoms with Gasteiger partial charge in [0, 0.05) is 0 Å². The van der Waals surface area contributed by atoms with Crippen molar-refractivity contribution in [3.8, 4) is 0 Å². The van der Waals surface area contributed by atoms with Gasteiger partial charge < -0.3 is 5.11 Å². The average Bonchev–Trinajstić information content (AvgIpc) is 2.58. The molecule has 0 unspecified atom stereocenters. The Balaban J connectivity index is 1.88. The largest absolute Gasteiger partial charge is 0.384 e. The van der Waals surface area contributed by atoms with Gasteiger partial charge in [0.2, 0.25) is 0 Å². The Morgan fingerprint density at radius 3 is 1.56 bits per heavy atom. The topological polar surface area (TPSA) is 20.2 Å². The Hall–Kier alpha value is -0.960. The second-order valence-electron chi connectivity index (χ2n) is 6.04. The lowest BCUT2D eigenvalue weighted by atomic mass is 9.85. The molecule has 0 heterocycles. The molecule has 1 fully saturated rings. The van der Waals surface area contributed by atoms with Crippen LogP contribution in [0.1, 0.15) is 30.4 Å². The lowest BCUT2D eigenvalue weighted by molar-refractivity contribution is 0.229. The van der Waals surface area contributed by atoms with Gasteiger partial charge in [-0.1, -0.05) is 70.7 Å². The molecule has 1 nitrogen and oxygen atoms in total. The Labute approximate surface area is 167 Å². The standard InChI is InChI=1S/C20H16Cl4O/c21-16-6-4-12(10-18(16)23)8-14-2-1-3-15(20(14)25)9-13-5-7-17(22)19(24)11-13/h4-11,20,25H,1-3H2/b14-8+,15-9+. The van der Waals surface area contributed by atoms with E-state index >= 15 is 0 Å². The average molecular weight is 414 g/mol. The highest BCUT2D eigenvalue weighted by atomic mass is 35.5. The van der Waals surface area contributed by atoms with Crippen LogP contribution in [0.4, 0.5) is 0 Å². The van der Waals surface area contributed by atoms with Gasteiger partial charge in [-0.2, -0.15) is 0 Å². The molecule has 1 saturated carbocycles. The van der Waals surface area contributed by atoms with E-state index in [2.05, 4.69) is 0 Å². The van der Waals surface area contributed by atoms with E-state index in [-0.39, 0.29) is 0 Å². The summed E-state index contributed by atoms with van der Waals surface area (Å²) in [5, 5.41) is 12.8. The Morgan fingerprint density at radius 2 is 1.16 bits per heavy atom. The molecule has 0 bridgehead atoms. The molecule has 2 aromatic rings. The maximum absolute atomic E-state index is 10.7. The molecule has 1 N–H and O–H groups in total. The molecule has 25 heavy (non-hydrogen) atoms. The van der Waals surface area contributed by atoms with Crippen molar-refractivity contribution in [2.45, 2.75) is 25.4 Å². The number of hydrogen-bond donors (Lipinski definition) is 1. The maximum Gasteiger partial charge on any atom is 0.0967 e. The molecule has 5 heteroatoms. The zero-order valence-corrected chi connectivity index (χ0v) is 16.3. The van der Waals surface area contributed by atoms with Crippen molar-refractivity contribution in [1.29, 1.82) is 0 Å². The van der Waals surface area contributed by atoms with Crippen molar-refractivity contribution in [2.75, 3.05) is 0 Å². The monoisotopic (exact) mass is 412 g/mol. The lowest BCUT2D eigenvalue weighted by Gasteiger charge is -2.24. The minimum atomic E-state index is -0.613. The van der Waals surface area contributed by atoms with Crippen LogP contribution in [0.2, 0.25) is 20.1 Å². The summed E-state index contributed by atoms with van der Waals surface area (Å²) >= 11 is 24.1. The number of rotatable bonds is 2. The Kier molecular flexibility index (Phi) is 6.14. The van der Waals surface area contributed by atoms with E-state index in [1.54, 1.807) is 24.3 Å². The highest BCUT2D eigenvalue weighted by Gasteiger charge is 2.21. The van der Waals surface area contributed by atoms with Gasteiger partial charge in [-0.25, -0.2) is 0 Å². The highest BCUT2D eigenvalue weighted by Crippen LogP contribution is 2.33. The van der Waals surface area contributed by atoms with E-state index in [0.29, 0.717) is 20.1 Å². The van der Waals surface area contributed by atoms with Gasteiger partial charge in [0.1, 0.15) is 0 Å². The van der Waals surface area contributed by atoms with Gasteiger partial charge >= 0.3 is 0 Å². The first-order valence-corrected chi connectivity index (χ1v) is 9.44. The van der Waals surface area contributed by atoms with Crippen molar-refractivity contribution >= 4 is 58.6 Å². The Morgan fingerprint density at radius 1 is 0.720 bits per heavy atom. The molecular formula is C20H16Cl4O. The third-order valence-electron chi connectivity index (χ3n) is 4.22. The summed E-state index contributed by atoms with van der Waals surface area (Å²) in [6, 6.07) is 10.9. The second kappa shape index (κ2) is 8.16. The van der Waals surface area contributed by atoms with Gasteiger partial charge in [0.05, 0.1) is 26.2 Å². The normalized spacial score (nSPS) is 21.1. The molecule has 0 atom stereocenters. The number of aliphatic hydroxyl groups is 1. The zero-order chi connectivity index (χ0) is 18.0. The summed E-state index contributed by atoms with van der Waals surface area (Å²) in [5.41, 5.74) is 3.80. The van der Waals surface area contributed by atoms with Gasteiger partial charge in [0.15, 0.2) is 0 Å². The summed E-state index contributed by atoms with van der Waals surface area (Å²) in [5.74, 6) is 0. The van der Waals surface area contributed by atoms with Crippen LogP contribution in [0.5, 0.6) is 0 Å². The van der Waals surface area contributed by atoms with Crippen molar-refractivity contribution in [2.24, 2.45) is 0 Å². The molecule has 0 saturated heterocycles. The molecular weight excluding hydrogens is 398 g/mol. The zero-order valence-electron chi connectivity index (χ0n) is 13.3. The van der Waals surface area contributed by atoms with E-state index in [1.165, 1.54) is 0 Å². The van der Waals surface area contributed by atoms with Crippen LogP contribution in [0, 0.1) is 0 Å². The summed E-state index contributed by atoms with van der Waals surface area (Å²) in [7, 11) is 0. The van der Waals surface area contributed by atoms with Crippen molar-refractivity contribution in [3.63, 3.8) is 0 Å². The summed E-state index contributed by atoms with van der Waals surface area (Å²) in [4.78, 5) is 0. The minimum absolute atomic E-state index is 0.507.